The van der Waals surface area contributed by atoms with Crippen LogP contribution in [0.3, 0.4) is 0 Å². The molecular weight excluding hydrogens is 196 g/mol. The fourth-order valence-electron chi connectivity index (χ4n) is 1.48. The van der Waals surface area contributed by atoms with Crippen molar-refractivity contribution in [1.29, 1.82) is 0 Å². The Morgan fingerprint density at radius 1 is 1.57 bits per heavy atom. The fourth-order valence-corrected chi connectivity index (χ4v) is 2.47. The number of methoxy groups -OCH3 is 1. The van der Waals surface area contributed by atoms with Crippen molar-refractivity contribution in [3.63, 3.8) is 0 Å². The Balaban J connectivity index is 2.70. The highest BCUT2D eigenvalue weighted by atomic mass is 32.1. The van der Waals surface area contributed by atoms with Crippen molar-refractivity contribution in [2.24, 2.45) is 0 Å². The van der Waals surface area contributed by atoms with E-state index in [1.54, 1.807) is 24.6 Å². The topological polar surface area (TPSA) is 48.1 Å². The molecule has 0 fully saturated rings. The van der Waals surface area contributed by atoms with Gasteiger partial charge in [-0.2, -0.15) is 0 Å². The molecule has 4 heteroatoms. The molecule has 1 unspecified atom stereocenters. The fraction of sp³-hybridized carbons (Fsp3) is 0.300. The second-order valence-corrected chi connectivity index (χ2v) is 4.06. The van der Waals surface area contributed by atoms with E-state index in [-0.39, 0.29) is 6.10 Å². The van der Waals surface area contributed by atoms with E-state index in [2.05, 4.69) is 4.98 Å². The predicted molar refractivity (Wildman–Crippen MR) is 59.5 cm³/mol. The monoisotopic (exact) mass is 208 g/mol. The maximum Gasteiger partial charge on any atom is 0.0828 e. The average Bonchev–Trinajstić information content (AvgIpc) is 2.64. The minimum atomic E-state index is 0.0131. The molecule has 2 N–H and O–H groups in total. The quantitative estimate of drug-likeness (QED) is 0.825. The van der Waals surface area contributed by atoms with Crippen LogP contribution in [0.15, 0.2) is 17.6 Å². The summed E-state index contributed by atoms with van der Waals surface area (Å²) in [6.07, 6.45) is 1.71. The van der Waals surface area contributed by atoms with E-state index < -0.39 is 0 Å². The second-order valence-electron chi connectivity index (χ2n) is 3.14. The van der Waals surface area contributed by atoms with Crippen LogP contribution in [0, 0.1) is 0 Å². The van der Waals surface area contributed by atoms with Crippen molar-refractivity contribution >= 4 is 27.2 Å². The molecule has 0 radical (unpaired) electrons. The number of nitrogens with two attached hydrogens (primary N) is 1. The summed E-state index contributed by atoms with van der Waals surface area (Å²) in [6.45, 7) is 1.99. The summed E-state index contributed by atoms with van der Waals surface area (Å²) in [4.78, 5) is 4.25. The van der Waals surface area contributed by atoms with Gasteiger partial charge in [-0.1, -0.05) is 0 Å². The molecule has 0 aliphatic rings. The van der Waals surface area contributed by atoms with Crippen LogP contribution in [0.1, 0.15) is 18.6 Å². The predicted octanol–water partition coefficient (Wildman–Crippen LogP) is 2.59. The number of aromatic nitrogens is 1. The molecular formula is C10H12N2OS. The molecule has 0 aliphatic heterocycles. The molecule has 0 amide bonds. The first-order valence-electron chi connectivity index (χ1n) is 4.38. The smallest absolute Gasteiger partial charge is 0.0828 e. The molecule has 0 spiro atoms. The van der Waals surface area contributed by atoms with Gasteiger partial charge in [0.1, 0.15) is 0 Å². The Hall–Kier alpha value is -1.13. The van der Waals surface area contributed by atoms with E-state index in [9.17, 15) is 0 Å². The van der Waals surface area contributed by atoms with E-state index >= 15 is 0 Å². The van der Waals surface area contributed by atoms with Crippen molar-refractivity contribution in [3.05, 3.63) is 23.2 Å². The molecule has 3 nitrogen and oxygen atoms in total. The minimum Gasteiger partial charge on any atom is -0.397 e. The van der Waals surface area contributed by atoms with Gasteiger partial charge in [0.2, 0.25) is 0 Å². The van der Waals surface area contributed by atoms with Crippen LogP contribution in [-0.4, -0.2) is 12.1 Å². The zero-order chi connectivity index (χ0) is 10.1. The first kappa shape index (κ1) is 9.43. The minimum absolute atomic E-state index is 0.0131. The Morgan fingerprint density at radius 2 is 2.36 bits per heavy atom. The molecule has 0 aromatic carbocycles. The third-order valence-electron chi connectivity index (χ3n) is 2.30. The van der Waals surface area contributed by atoms with Gasteiger partial charge in [0.25, 0.3) is 0 Å². The zero-order valence-corrected chi connectivity index (χ0v) is 8.97. The summed E-state index contributed by atoms with van der Waals surface area (Å²) in [6, 6.07) is 1.99. The van der Waals surface area contributed by atoms with Crippen LogP contribution in [0.4, 0.5) is 5.69 Å². The summed E-state index contributed by atoms with van der Waals surface area (Å²) in [5.74, 6) is 0. The molecule has 0 saturated heterocycles. The largest absolute Gasteiger partial charge is 0.397 e. The van der Waals surface area contributed by atoms with Gasteiger partial charge in [-0.15, -0.1) is 11.3 Å². The SMILES string of the molecule is COC(C)c1c(N)cnc2ccsc12. The van der Waals surface area contributed by atoms with Gasteiger partial charge in [-0.25, -0.2) is 0 Å². The standard InChI is InChI=1S/C10H12N2OS/c1-6(13-2)9-7(11)5-12-8-3-4-14-10(8)9/h3-6H,11H2,1-2H3. The van der Waals surface area contributed by atoms with Gasteiger partial charge in [0.05, 0.1) is 28.2 Å². The Bertz CT molecular complexity index is 452. The third kappa shape index (κ3) is 1.36. The number of fused-ring (bicyclic) bond motifs is 1. The van der Waals surface area contributed by atoms with Crippen molar-refractivity contribution in [2.75, 3.05) is 12.8 Å². The summed E-state index contributed by atoms with van der Waals surface area (Å²) in [7, 11) is 1.68. The number of anilines is 1. The van der Waals surface area contributed by atoms with Crippen LogP contribution >= 0.6 is 11.3 Å². The van der Waals surface area contributed by atoms with E-state index in [1.165, 1.54) is 0 Å². The highest BCUT2D eigenvalue weighted by Gasteiger charge is 2.13. The molecule has 14 heavy (non-hydrogen) atoms. The summed E-state index contributed by atoms with van der Waals surface area (Å²) >= 11 is 1.65. The van der Waals surface area contributed by atoms with Crippen LogP contribution in [0.5, 0.6) is 0 Å². The molecule has 2 rings (SSSR count). The zero-order valence-electron chi connectivity index (χ0n) is 8.15. The number of nitrogens with zero attached hydrogens (tertiary/aromatic N) is 1. The van der Waals surface area contributed by atoms with Gasteiger partial charge >= 0.3 is 0 Å². The van der Waals surface area contributed by atoms with Crippen LogP contribution in [-0.2, 0) is 4.74 Å². The Kier molecular flexibility index (Phi) is 2.39. The van der Waals surface area contributed by atoms with Gasteiger partial charge in [-0.3, -0.25) is 4.98 Å². The molecule has 74 valence electrons. The second kappa shape index (κ2) is 3.55. The number of hydrogen-bond acceptors (Lipinski definition) is 4. The van der Waals surface area contributed by atoms with Gasteiger partial charge in [0.15, 0.2) is 0 Å². The number of hydrogen-bond donors (Lipinski definition) is 1. The van der Waals surface area contributed by atoms with Gasteiger partial charge < -0.3 is 10.5 Å². The first-order valence-corrected chi connectivity index (χ1v) is 5.26. The van der Waals surface area contributed by atoms with Crippen molar-refractivity contribution < 1.29 is 4.74 Å². The Labute approximate surface area is 86.5 Å². The lowest BCUT2D eigenvalue weighted by molar-refractivity contribution is 0.121. The lowest BCUT2D eigenvalue weighted by atomic mass is 10.1. The molecule has 2 aromatic heterocycles. The molecule has 2 heterocycles. The number of rotatable bonds is 2. The molecule has 0 aliphatic carbocycles. The average molecular weight is 208 g/mol. The van der Waals surface area contributed by atoms with E-state index in [1.807, 2.05) is 18.4 Å². The summed E-state index contributed by atoms with van der Waals surface area (Å²) in [5.41, 5.74) is 8.63. The van der Waals surface area contributed by atoms with Crippen LogP contribution < -0.4 is 5.73 Å². The number of thiophene rings is 1. The summed E-state index contributed by atoms with van der Waals surface area (Å²) < 4.78 is 6.42. The number of ether oxygens (including phenoxy) is 1. The van der Waals surface area contributed by atoms with Crippen molar-refractivity contribution in [2.45, 2.75) is 13.0 Å². The molecule has 0 saturated carbocycles. The van der Waals surface area contributed by atoms with Gasteiger partial charge in [0, 0.05) is 12.7 Å². The van der Waals surface area contributed by atoms with Crippen molar-refractivity contribution in [1.82, 2.24) is 4.98 Å². The van der Waals surface area contributed by atoms with Crippen molar-refractivity contribution in [3.8, 4) is 0 Å². The van der Waals surface area contributed by atoms with E-state index in [4.69, 9.17) is 10.5 Å². The Morgan fingerprint density at radius 3 is 3.07 bits per heavy atom. The maximum atomic E-state index is 5.89. The van der Waals surface area contributed by atoms with Gasteiger partial charge in [-0.05, 0) is 18.4 Å². The lowest BCUT2D eigenvalue weighted by Crippen LogP contribution is -2.02. The lowest BCUT2D eigenvalue weighted by Gasteiger charge is -2.12. The summed E-state index contributed by atoms with van der Waals surface area (Å²) in [5, 5.41) is 2.02. The normalized spacial score (nSPS) is 13.3. The molecule has 0 bridgehead atoms. The number of pyridine rings is 1. The van der Waals surface area contributed by atoms with E-state index in [0.29, 0.717) is 5.69 Å². The number of nitrogen functional groups attached to an aromatic ring is 1. The maximum absolute atomic E-state index is 5.89. The van der Waals surface area contributed by atoms with Crippen LogP contribution in [0.25, 0.3) is 10.2 Å². The first-order chi connectivity index (χ1) is 6.74. The molecule has 2 aromatic rings. The van der Waals surface area contributed by atoms with Crippen LogP contribution in [0.2, 0.25) is 0 Å². The highest BCUT2D eigenvalue weighted by Crippen LogP contribution is 2.32. The third-order valence-corrected chi connectivity index (χ3v) is 3.24. The molecule has 1 atom stereocenters. The highest BCUT2D eigenvalue weighted by molar-refractivity contribution is 7.17. The van der Waals surface area contributed by atoms with E-state index in [0.717, 1.165) is 15.8 Å².